The molecule has 0 fully saturated rings. The van der Waals surface area contributed by atoms with Gasteiger partial charge < -0.3 is 14.8 Å². The van der Waals surface area contributed by atoms with Crippen LogP contribution in [0.25, 0.3) is 0 Å². The highest BCUT2D eigenvalue weighted by Gasteiger charge is 2.25. The Hall–Kier alpha value is -2.48. The topological polar surface area (TPSA) is 77.5 Å². The lowest BCUT2D eigenvalue weighted by atomic mass is 10.1. The van der Waals surface area contributed by atoms with E-state index in [1.165, 1.54) is 31.2 Å². The number of hydrogen-bond donors (Lipinski definition) is 1. The predicted octanol–water partition coefficient (Wildman–Crippen LogP) is 3.63. The largest absolute Gasteiger partial charge is 0.486 e. The van der Waals surface area contributed by atoms with Crippen molar-refractivity contribution in [2.75, 3.05) is 0 Å². The van der Waals surface area contributed by atoms with Gasteiger partial charge in [0.1, 0.15) is 28.1 Å². The third-order valence-corrected chi connectivity index (χ3v) is 4.46. The maximum Gasteiger partial charge on any atom is 0.351 e. The van der Waals surface area contributed by atoms with Crippen molar-refractivity contribution in [1.82, 2.24) is 10.3 Å². The lowest BCUT2D eigenvalue weighted by Crippen LogP contribution is -2.46. The molecular formula is C19H23FN2O4S. The van der Waals surface area contributed by atoms with Gasteiger partial charge in [-0.25, -0.2) is 14.2 Å². The number of hydrogen-bond acceptors (Lipinski definition) is 6. The number of thiazole rings is 1. The number of aromatic nitrogens is 1. The van der Waals surface area contributed by atoms with Crippen molar-refractivity contribution in [3.8, 4) is 5.75 Å². The first-order valence-electron chi connectivity index (χ1n) is 8.43. The molecule has 146 valence electrons. The Morgan fingerprint density at radius 2 is 1.89 bits per heavy atom. The van der Waals surface area contributed by atoms with Gasteiger partial charge in [0.05, 0.1) is 5.69 Å². The molecule has 0 bridgehead atoms. The third kappa shape index (κ3) is 6.32. The molecule has 0 spiro atoms. The Balaban J connectivity index is 1.97. The first-order chi connectivity index (χ1) is 12.5. The number of halogens is 1. The van der Waals surface area contributed by atoms with E-state index in [2.05, 4.69) is 10.3 Å². The summed E-state index contributed by atoms with van der Waals surface area (Å²) in [6, 6.07) is 5.63. The monoisotopic (exact) mass is 394 g/mol. The van der Waals surface area contributed by atoms with Crippen LogP contribution in [0.2, 0.25) is 0 Å². The number of amides is 1. The van der Waals surface area contributed by atoms with E-state index in [1.54, 1.807) is 6.92 Å². The maximum absolute atomic E-state index is 12.9. The number of ether oxygens (including phenoxy) is 2. The van der Waals surface area contributed by atoms with Gasteiger partial charge in [-0.05, 0) is 58.9 Å². The molecule has 2 aromatic rings. The van der Waals surface area contributed by atoms with Gasteiger partial charge in [-0.2, -0.15) is 0 Å². The summed E-state index contributed by atoms with van der Waals surface area (Å²) in [5.74, 6) is -0.810. The normalized spacial score (nSPS) is 12.4. The van der Waals surface area contributed by atoms with Crippen LogP contribution in [0.15, 0.2) is 24.3 Å². The molecule has 0 saturated carbocycles. The maximum atomic E-state index is 12.9. The summed E-state index contributed by atoms with van der Waals surface area (Å²) >= 11 is 1.14. The van der Waals surface area contributed by atoms with Gasteiger partial charge in [-0.1, -0.05) is 0 Å². The standard InChI is InChI=1S/C19H23FN2O4S/c1-11-16(18(24)26-12(2)17(23)22-19(3,4)5)27-15(21-11)10-25-14-8-6-13(20)7-9-14/h6-9,12H,10H2,1-5H3,(H,22,23). The fourth-order valence-electron chi connectivity index (χ4n) is 2.12. The first kappa shape index (κ1) is 20.8. The minimum absolute atomic E-state index is 0.143. The highest BCUT2D eigenvalue weighted by Crippen LogP contribution is 2.22. The van der Waals surface area contributed by atoms with Gasteiger partial charge >= 0.3 is 5.97 Å². The van der Waals surface area contributed by atoms with Crippen LogP contribution in [0.1, 0.15) is 48.1 Å². The number of nitrogens with zero attached hydrogens (tertiary/aromatic N) is 1. The van der Waals surface area contributed by atoms with E-state index in [-0.39, 0.29) is 18.3 Å². The van der Waals surface area contributed by atoms with Crippen LogP contribution < -0.4 is 10.1 Å². The molecule has 0 aliphatic heterocycles. The third-order valence-electron chi connectivity index (χ3n) is 3.35. The van der Waals surface area contributed by atoms with Crippen LogP contribution >= 0.6 is 11.3 Å². The van der Waals surface area contributed by atoms with E-state index in [1.807, 2.05) is 20.8 Å². The minimum atomic E-state index is -0.919. The number of nitrogens with one attached hydrogen (secondary N) is 1. The minimum Gasteiger partial charge on any atom is -0.486 e. The van der Waals surface area contributed by atoms with Gasteiger partial charge in [0.25, 0.3) is 5.91 Å². The zero-order valence-electron chi connectivity index (χ0n) is 16.0. The Kier molecular flexibility index (Phi) is 6.54. The molecule has 1 amide bonds. The van der Waals surface area contributed by atoms with Crippen LogP contribution in [-0.4, -0.2) is 28.5 Å². The number of esters is 1. The van der Waals surface area contributed by atoms with Gasteiger partial charge in [-0.3, -0.25) is 4.79 Å². The van der Waals surface area contributed by atoms with Crippen molar-refractivity contribution >= 4 is 23.2 Å². The zero-order valence-corrected chi connectivity index (χ0v) is 16.8. The summed E-state index contributed by atoms with van der Waals surface area (Å²) < 4.78 is 23.7. The van der Waals surface area contributed by atoms with Gasteiger partial charge in [0.2, 0.25) is 0 Å². The second-order valence-electron chi connectivity index (χ2n) is 7.05. The number of aryl methyl sites for hydroxylation is 1. The molecule has 8 heteroatoms. The Labute approximate surface area is 161 Å². The van der Waals surface area contributed by atoms with Crippen LogP contribution in [0.5, 0.6) is 5.75 Å². The van der Waals surface area contributed by atoms with Crippen LogP contribution in [-0.2, 0) is 16.1 Å². The van der Waals surface area contributed by atoms with Crippen molar-refractivity contribution in [2.24, 2.45) is 0 Å². The van der Waals surface area contributed by atoms with Gasteiger partial charge in [-0.15, -0.1) is 11.3 Å². The van der Waals surface area contributed by atoms with Crippen molar-refractivity contribution in [2.45, 2.75) is 52.9 Å². The molecule has 0 aliphatic carbocycles. The lowest BCUT2D eigenvalue weighted by Gasteiger charge is -2.23. The molecule has 2 rings (SSSR count). The fraction of sp³-hybridized carbons (Fsp3) is 0.421. The number of carbonyl (C=O) groups is 2. The highest BCUT2D eigenvalue weighted by atomic mass is 32.1. The SMILES string of the molecule is Cc1nc(COc2ccc(F)cc2)sc1C(=O)OC(C)C(=O)NC(C)(C)C. The van der Waals surface area contributed by atoms with Crippen molar-refractivity contribution in [3.63, 3.8) is 0 Å². The van der Waals surface area contributed by atoms with E-state index in [4.69, 9.17) is 9.47 Å². The average molecular weight is 394 g/mol. The summed E-state index contributed by atoms with van der Waals surface area (Å²) in [5.41, 5.74) is 0.0920. The molecule has 1 unspecified atom stereocenters. The van der Waals surface area contributed by atoms with Crippen molar-refractivity contribution in [3.05, 3.63) is 45.7 Å². The zero-order chi connectivity index (χ0) is 20.2. The van der Waals surface area contributed by atoms with Crippen molar-refractivity contribution in [1.29, 1.82) is 0 Å². The quantitative estimate of drug-likeness (QED) is 0.757. The van der Waals surface area contributed by atoms with Crippen LogP contribution in [0, 0.1) is 12.7 Å². The van der Waals surface area contributed by atoms with E-state index in [0.29, 0.717) is 21.3 Å². The fourth-order valence-corrected chi connectivity index (χ4v) is 2.98. The second-order valence-corrected chi connectivity index (χ2v) is 8.14. The molecule has 1 aromatic heterocycles. The van der Waals surface area contributed by atoms with Gasteiger partial charge in [0.15, 0.2) is 6.10 Å². The molecule has 1 N–H and O–H groups in total. The molecule has 0 aliphatic rings. The molecular weight excluding hydrogens is 371 g/mol. The van der Waals surface area contributed by atoms with E-state index in [9.17, 15) is 14.0 Å². The Morgan fingerprint density at radius 1 is 1.26 bits per heavy atom. The predicted molar refractivity (Wildman–Crippen MR) is 100 cm³/mol. The number of carbonyl (C=O) groups excluding carboxylic acids is 2. The van der Waals surface area contributed by atoms with Crippen molar-refractivity contribution < 1.29 is 23.5 Å². The summed E-state index contributed by atoms with van der Waals surface area (Å²) in [6.45, 7) is 8.90. The molecule has 27 heavy (non-hydrogen) atoms. The molecule has 1 heterocycles. The summed E-state index contributed by atoms with van der Waals surface area (Å²) in [5, 5.41) is 3.34. The lowest BCUT2D eigenvalue weighted by molar-refractivity contribution is -0.130. The number of benzene rings is 1. The number of rotatable bonds is 6. The smallest absolute Gasteiger partial charge is 0.351 e. The summed E-state index contributed by atoms with van der Waals surface area (Å²) in [6.07, 6.45) is -0.919. The summed E-state index contributed by atoms with van der Waals surface area (Å²) in [4.78, 5) is 29.0. The molecule has 1 atom stereocenters. The van der Waals surface area contributed by atoms with E-state index < -0.39 is 17.6 Å². The molecule has 0 radical (unpaired) electrons. The molecule has 6 nitrogen and oxygen atoms in total. The van der Waals surface area contributed by atoms with E-state index >= 15 is 0 Å². The van der Waals surface area contributed by atoms with E-state index in [0.717, 1.165) is 11.3 Å². The van der Waals surface area contributed by atoms with Crippen LogP contribution in [0.4, 0.5) is 4.39 Å². The van der Waals surface area contributed by atoms with Gasteiger partial charge in [0, 0.05) is 5.54 Å². The molecule has 1 aromatic carbocycles. The first-order valence-corrected chi connectivity index (χ1v) is 9.24. The highest BCUT2D eigenvalue weighted by molar-refractivity contribution is 7.13. The Morgan fingerprint density at radius 3 is 2.48 bits per heavy atom. The molecule has 0 saturated heterocycles. The second kappa shape index (κ2) is 8.47. The Bertz CT molecular complexity index is 812. The average Bonchev–Trinajstić information content (AvgIpc) is 2.93. The van der Waals surface area contributed by atoms with Crippen LogP contribution in [0.3, 0.4) is 0 Å². The summed E-state index contributed by atoms with van der Waals surface area (Å²) in [7, 11) is 0.